The summed E-state index contributed by atoms with van der Waals surface area (Å²) in [7, 11) is 0. The predicted octanol–water partition coefficient (Wildman–Crippen LogP) is 2.12. The van der Waals surface area contributed by atoms with E-state index < -0.39 is 0 Å². The van der Waals surface area contributed by atoms with Crippen LogP contribution in [0, 0.1) is 5.92 Å². The zero-order valence-corrected chi connectivity index (χ0v) is 6.85. The molecule has 1 fully saturated rings. The molecule has 0 amide bonds. The van der Waals surface area contributed by atoms with E-state index in [0.29, 0.717) is 5.92 Å². The van der Waals surface area contributed by atoms with Crippen molar-refractivity contribution in [3.63, 3.8) is 0 Å². The third kappa shape index (κ3) is 2.14. The molecule has 0 spiro atoms. The van der Waals surface area contributed by atoms with E-state index >= 15 is 0 Å². The molecule has 1 rings (SSSR count). The highest BCUT2D eigenvalue weighted by atomic mass is 16.3. The van der Waals surface area contributed by atoms with Gasteiger partial charge in [0.15, 0.2) is 0 Å². The molecule has 1 nitrogen and oxygen atoms in total. The molecular formula is C9H16O. The Bertz CT molecular complexity index is 139. The highest BCUT2D eigenvalue weighted by Gasteiger charge is 2.17. The molecule has 0 aromatic rings. The van der Waals surface area contributed by atoms with E-state index in [9.17, 15) is 0 Å². The predicted molar refractivity (Wildman–Crippen MR) is 42.8 cm³/mol. The number of hydrogen-bond donors (Lipinski definition) is 1. The van der Waals surface area contributed by atoms with Gasteiger partial charge in [-0.05, 0) is 30.8 Å². The Hall–Kier alpha value is -0.300. The van der Waals surface area contributed by atoms with Crippen LogP contribution in [0.2, 0.25) is 0 Å². The molecule has 0 aliphatic heterocycles. The minimum Gasteiger partial charge on any atom is -0.392 e. The van der Waals surface area contributed by atoms with Crippen molar-refractivity contribution in [2.24, 2.45) is 5.92 Å². The first-order valence-corrected chi connectivity index (χ1v) is 4.04. The first-order chi connectivity index (χ1) is 4.74. The van der Waals surface area contributed by atoms with Gasteiger partial charge >= 0.3 is 0 Å². The van der Waals surface area contributed by atoms with Crippen LogP contribution in [0.1, 0.15) is 33.1 Å². The van der Waals surface area contributed by atoms with Gasteiger partial charge < -0.3 is 5.11 Å². The van der Waals surface area contributed by atoms with Gasteiger partial charge in [-0.25, -0.2) is 0 Å². The molecule has 0 aromatic heterocycles. The minimum absolute atomic E-state index is 0.285. The Labute approximate surface area is 62.8 Å². The van der Waals surface area contributed by atoms with Crippen LogP contribution >= 0.6 is 0 Å². The molecule has 58 valence electrons. The fourth-order valence-electron chi connectivity index (χ4n) is 1.23. The van der Waals surface area contributed by atoms with E-state index in [1.165, 1.54) is 24.0 Å². The van der Waals surface area contributed by atoms with Crippen LogP contribution in [0.25, 0.3) is 0 Å². The topological polar surface area (TPSA) is 20.2 Å². The lowest BCUT2D eigenvalue weighted by molar-refractivity contribution is 0.321. The molecule has 0 aromatic carbocycles. The maximum absolute atomic E-state index is 8.93. The molecule has 0 unspecified atom stereocenters. The summed E-state index contributed by atoms with van der Waals surface area (Å²) in [6.45, 7) is 4.67. The minimum atomic E-state index is 0.285. The van der Waals surface area contributed by atoms with E-state index in [4.69, 9.17) is 5.11 Å². The quantitative estimate of drug-likeness (QED) is 0.595. The summed E-state index contributed by atoms with van der Waals surface area (Å²) in [5.41, 5.74) is 2.81. The normalized spacial score (nSPS) is 16.2. The molecule has 1 N–H and O–H groups in total. The van der Waals surface area contributed by atoms with Gasteiger partial charge in [0.2, 0.25) is 0 Å². The molecule has 10 heavy (non-hydrogen) atoms. The van der Waals surface area contributed by atoms with Crippen molar-refractivity contribution in [2.45, 2.75) is 33.1 Å². The van der Waals surface area contributed by atoms with E-state index in [1.807, 2.05) is 0 Å². The zero-order valence-electron chi connectivity index (χ0n) is 6.85. The first-order valence-electron chi connectivity index (χ1n) is 4.04. The van der Waals surface area contributed by atoms with Crippen molar-refractivity contribution in [2.75, 3.05) is 6.61 Å². The standard InChI is InChI=1S/C9H16O/c1-7(2)5-9(6-10)8-3-4-8/h7,10H,3-6H2,1-2H3. The fraction of sp³-hybridized carbons (Fsp3) is 0.778. The van der Waals surface area contributed by atoms with Crippen LogP contribution in [0.15, 0.2) is 11.1 Å². The molecule has 1 aliphatic carbocycles. The van der Waals surface area contributed by atoms with Gasteiger partial charge in [-0.3, -0.25) is 0 Å². The van der Waals surface area contributed by atoms with Crippen LogP contribution in [0.3, 0.4) is 0 Å². The first kappa shape index (κ1) is 7.80. The maximum atomic E-state index is 8.93. The Balaban J connectivity index is 2.42. The van der Waals surface area contributed by atoms with Crippen molar-refractivity contribution in [1.29, 1.82) is 0 Å². The van der Waals surface area contributed by atoms with Crippen molar-refractivity contribution < 1.29 is 5.11 Å². The highest BCUT2D eigenvalue weighted by molar-refractivity contribution is 5.25. The Kier molecular flexibility index (Phi) is 2.50. The largest absolute Gasteiger partial charge is 0.392 e. The third-order valence-corrected chi connectivity index (χ3v) is 1.85. The highest BCUT2D eigenvalue weighted by Crippen LogP contribution is 2.33. The Morgan fingerprint density at radius 3 is 2.40 bits per heavy atom. The summed E-state index contributed by atoms with van der Waals surface area (Å²) in [5.74, 6) is 0.690. The molecule has 1 heteroatoms. The van der Waals surface area contributed by atoms with E-state index in [1.54, 1.807) is 0 Å². The van der Waals surface area contributed by atoms with Gasteiger partial charge in [0, 0.05) is 0 Å². The third-order valence-electron chi connectivity index (χ3n) is 1.85. The average Bonchev–Trinajstić information content (AvgIpc) is 2.63. The van der Waals surface area contributed by atoms with Gasteiger partial charge in [0.25, 0.3) is 0 Å². The number of aliphatic hydroxyl groups excluding tert-OH is 1. The SMILES string of the molecule is CC(C)CC(CO)=C1CC1. The Morgan fingerprint density at radius 1 is 1.50 bits per heavy atom. The van der Waals surface area contributed by atoms with Crippen LogP contribution in [0.5, 0.6) is 0 Å². The van der Waals surface area contributed by atoms with Gasteiger partial charge in [-0.1, -0.05) is 19.4 Å². The van der Waals surface area contributed by atoms with Gasteiger partial charge in [0.1, 0.15) is 0 Å². The number of aliphatic hydroxyl groups is 1. The van der Waals surface area contributed by atoms with E-state index in [2.05, 4.69) is 13.8 Å². The summed E-state index contributed by atoms with van der Waals surface area (Å²) >= 11 is 0. The van der Waals surface area contributed by atoms with Gasteiger partial charge in [-0.15, -0.1) is 0 Å². The molecule has 0 radical (unpaired) electrons. The number of hydrogen-bond acceptors (Lipinski definition) is 1. The average molecular weight is 140 g/mol. The molecular weight excluding hydrogens is 124 g/mol. The van der Waals surface area contributed by atoms with Crippen LogP contribution in [-0.2, 0) is 0 Å². The number of allylic oxidation sites excluding steroid dienone is 1. The van der Waals surface area contributed by atoms with E-state index in [-0.39, 0.29) is 6.61 Å². The lowest BCUT2D eigenvalue weighted by atomic mass is 10.0. The van der Waals surface area contributed by atoms with Crippen molar-refractivity contribution in [1.82, 2.24) is 0 Å². The van der Waals surface area contributed by atoms with Gasteiger partial charge in [-0.2, -0.15) is 0 Å². The second kappa shape index (κ2) is 3.20. The molecule has 1 aliphatic rings. The smallest absolute Gasteiger partial charge is 0.0644 e. The Morgan fingerprint density at radius 2 is 2.10 bits per heavy atom. The summed E-state index contributed by atoms with van der Waals surface area (Å²) in [5, 5.41) is 8.93. The summed E-state index contributed by atoms with van der Waals surface area (Å²) in [4.78, 5) is 0. The monoisotopic (exact) mass is 140 g/mol. The maximum Gasteiger partial charge on any atom is 0.0644 e. The number of rotatable bonds is 3. The zero-order chi connectivity index (χ0) is 7.56. The van der Waals surface area contributed by atoms with Crippen molar-refractivity contribution in [3.05, 3.63) is 11.1 Å². The van der Waals surface area contributed by atoms with Gasteiger partial charge in [0.05, 0.1) is 6.61 Å². The lowest BCUT2D eigenvalue weighted by Crippen LogP contribution is -1.96. The van der Waals surface area contributed by atoms with E-state index in [0.717, 1.165) is 6.42 Å². The second-order valence-corrected chi connectivity index (χ2v) is 3.46. The van der Waals surface area contributed by atoms with Crippen molar-refractivity contribution in [3.8, 4) is 0 Å². The summed E-state index contributed by atoms with van der Waals surface area (Å²) in [6.07, 6.45) is 3.57. The molecule has 0 bridgehead atoms. The molecule has 1 saturated carbocycles. The molecule has 0 saturated heterocycles. The second-order valence-electron chi connectivity index (χ2n) is 3.46. The van der Waals surface area contributed by atoms with Crippen molar-refractivity contribution >= 4 is 0 Å². The summed E-state index contributed by atoms with van der Waals surface area (Å²) < 4.78 is 0. The van der Waals surface area contributed by atoms with Crippen LogP contribution < -0.4 is 0 Å². The molecule has 0 atom stereocenters. The molecule has 0 heterocycles. The van der Waals surface area contributed by atoms with Crippen LogP contribution in [-0.4, -0.2) is 11.7 Å². The fourth-order valence-corrected chi connectivity index (χ4v) is 1.23. The lowest BCUT2D eigenvalue weighted by Gasteiger charge is -2.05. The summed E-state index contributed by atoms with van der Waals surface area (Å²) in [6, 6.07) is 0. The van der Waals surface area contributed by atoms with Crippen LogP contribution in [0.4, 0.5) is 0 Å².